The van der Waals surface area contributed by atoms with E-state index in [4.69, 9.17) is 24.7 Å². The van der Waals surface area contributed by atoms with E-state index in [2.05, 4.69) is 15.3 Å². The van der Waals surface area contributed by atoms with E-state index in [-0.39, 0.29) is 23.7 Å². The number of pyridine rings is 1. The zero-order chi connectivity index (χ0) is 29.8. The number of anilines is 1. The summed E-state index contributed by atoms with van der Waals surface area (Å²) >= 11 is 1.09. The number of hydrogen-bond acceptors (Lipinski definition) is 12. The predicted molar refractivity (Wildman–Crippen MR) is 135 cm³/mol. The number of esters is 3. The molecule has 1 aromatic carbocycles. The number of nitrogens with zero attached hydrogens (tertiary/aromatic N) is 4. The molecule has 0 aliphatic carbocycles. The predicted octanol–water partition coefficient (Wildman–Crippen LogP) is 2.82. The van der Waals surface area contributed by atoms with E-state index in [1.807, 2.05) is 0 Å². The second kappa shape index (κ2) is 12.6. The number of benzene rings is 1. The number of halogens is 3. The minimum atomic E-state index is -1.65. The first-order valence-electron chi connectivity index (χ1n) is 12.0. The van der Waals surface area contributed by atoms with Crippen LogP contribution in [0.4, 0.5) is 19.0 Å². The number of aromatic nitrogens is 4. The van der Waals surface area contributed by atoms with Crippen LogP contribution in [0.25, 0.3) is 11.3 Å². The van der Waals surface area contributed by atoms with Gasteiger partial charge in [-0.3, -0.25) is 14.4 Å². The summed E-state index contributed by atoms with van der Waals surface area (Å²) in [6.07, 6.45) is -0.844. The molecule has 0 radical (unpaired) electrons. The highest BCUT2D eigenvalue weighted by molar-refractivity contribution is 7.99. The first kappa shape index (κ1) is 29.8. The van der Waals surface area contributed by atoms with Crippen LogP contribution < -0.4 is 5.73 Å². The average molecular weight is 596 g/mol. The SMILES string of the molecule is CC(=O)OCC1O[C@H](Sc2ccnc(N)c2)C(OC(C)=O)[C@@H](n2cc(-c3cc(F)c(F)c(F)c3)nn2)[C@H]1OC(C)=O. The Morgan fingerprint density at radius 1 is 1.02 bits per heavy atom. The Kier molecular flexibility index (Phi) is 9.12. The molecule has 0 saturated carbocycles. The summed E-state index contributed by atoms with van der Waals surface area (Å²) in [5.41, 5.74) is 4.59. The van der Waals surface area contributed by atoms with Gasteiger partial charge >= 0.3 is 17.9 Å². The molecule has 0 bridgehead atoms. The molecule has 218 valence electrons. The number of carbonyl (C=O) groups is 3. The van der Waals surface area contributed by atoms with E-state index < -0.39 is 65.1 Å². The molecule has 0 amide bonds. The van der Waals surface area contributed by atoms with Gasteiger partial charge in [0.25, 0.3) is 0 Å². The molecule has 3 heterocycles. The Morgan fingerprint density at radius 3 is 2.29 bits per heavy atom. The lowest BCUT2D eigenvalue weighted by Crippen LogP contribution is -2.57. The van der Waals surface area contributed by atoms with Crippen molar-refractivity contribution < 1.29 is 46.5 Å². The molecule has 4 rings (SSSR count). The standard InChI is InChI=1S/C25H24F3N5O7S/c1-11(34)37-10-19-23(38-12(2)35)22(33-9-18(31-32-33)14-6-16(26)21(28)17(27)7-14)24(39-13(3)36)25(40-19)41-15-4-5-30-20(29)8-15/h4-9,19,22-25H,10H2,1-3H3,(H2,29,30)/t19?,22-,23-,24?,25+/m0/s1. The summed E-state index contributed by atoms with van der Waals surface area (Å²) in [7, 11) is 0. The van der Waals surface area contributed by atoms with Gasteiger partial charge in [0.2, 0.25) is 0 Å². The van der Waals surface area contributed by atoms with E-state index in [0.29, 0.717) is 4.90 Å². The van der Waals surface area contributed by atoms with Crippen molar-refractivity contribution in [3.63, 3.8) is 0 Å². The fourth-order valence-electron chi connectivity index (χ4n) is 4.17. The summed E-state index contributed by atoms with van der Waals surface area (Å²) in [6.45, 7) is 3.12. The highest BCUT2D eigenvalue weighted by atomic mass is 32.2. The van der Waals surface area contributed by atoms with Gasteiger partial charge in [-0.1, -0.05) is 17.0 Å². The number of ether oxygens (including phenoxy) is 4. The number of thioether (sulfide) groups is 1. The maximum absolute atomic E-state index is 13.9. The quantitative estimate of drug-likeness (QED) is 0.231. The average Bonchev–Trinajstić information content (AvgIpc) is 3.37. The lowest BCUT2D eigenvalue weighted by molar-refractivity contribution is -0.212. The van der Waals surface area contributed by atoms with E-state index >= 15 is 0 Å². The largest absolute Gasteiger partial charge is 0.463 e. The molecule has 12 nitrogen and oxygen atoms in total. The Bertz CT molecular complexity index is 1440. The van der Waals surface area contributed by atoms with Gasteiger partial charge in [0.15, 0.2) is 29.7 Å². The summed E-state index contributed by atoms with van der Waals surface area (Å²) in [4.78, 5) is 40.6. The molecule has 1 aliphatic rings. The van der Waals surface area contributed by atoms with Crippen LogP contribution in [0, 0.1) is 17.5 Å². The van der Waals surface area contributed by atoms with Crippen molar-refractivity contribution in [2.45, 2.75) is 55.5 Å². The van der Waals surface area contributed by atoms with E-state index in [9.17, 15) is 27.6 Å². The van der Waals surface area contributed by atoms with Gasteiger partial charge in [-0.25, -0.2) is 22.8 Å². The maximum atomic E-state index is 13.9. The molecule has 5 atom stereocenters. The van der Waals surface area contributed by atoms with Gasteiger partial charge in [-0.05, 0) is 24.3 Å². The van der Waals surface area contributed by atoms with Gasteiger partial charge < -0.3 is 24.7 Å². The van der Waals surface area contributed by atoms with Crippen LogP contribution in [0.15, 0.2) is 41.6 Å². The van der Waals surface area contributed by atoms with Crippen molar-refractivity contribution in [2.75, 3.05) is 12.3 Å². The smallest absolute Gasteiger partial charge is 0.303 e. The van der Waals surface area contributed by atoms with Crippen molar-refractivity contribution in [3.8, 4) is 11.3 Å². The summed E-state index contributed by atoms with van der Waals surface area (Å²) in [5, 5.41) is 7.98. The zero-order valence-electron chi connectivity index (χ0n) is 21.8. The van der Waals surface area contributed by atoms with Crippen LogP contribution in [0.2, 0.25) is 0 Å². The fraction of sp³-hybridized carbons (Fsp3) is 0.360. The molecule has 1 fully saturated rings. The van der Waals surface area contributed by atoms with Crippen molar-refractivity contribution in [1.82, 2.24) is 20.0 Å². The zero-order valence-corrected chi connectivity index (χ0v) is 22.6. The molecule has 1 saturated heterocycles. The summed E-state index contributed by atoms with van der Waals surface area (Å²) in [5.74, 6) is -6.42. The molecule has 2 aromatic heterocycles. The third kappa shape index (κ3) is 7.13. The molecule has 2 unspecified atom stereocenters. The van der Waals surface area contributed by atoms with Gasteiger partial charge in [0.1, 0.15) is 35.7 Å². The first-order chi connectivity index (χ1) is 19.4. The third-order valence-corrected chi connectivity index (χ3v) is 6.91. The molecule has 41 heavy (non-hydrogen) atoms. The topological polar surface area (TPSA) is 158 Å². The van der Waals surface area contributed by atoms with Crippen molar-refractivity contribution in [2.24, 2.45) is 0 Å². The highest BCUT2D eigenvalue weighted by Gasteiger charge is 2.52. The van der Waals surface area contributed by atoms with E-state index in [1.54, 1.807) is 12.1 Å². The van der Waals surface area contributed by atoms with E-state index in [0.717, 1.165) is 37.7 Å². The minimum Gasteiger partial charge on any atom is -0.463 e. The lowest BCUT2D eigenvalue weighted by atomic mass is 9.96. The fourth-order valence-corrected chi connectivity index (χ4v) is 5.32. The summed E-state index contributed by atoms with van der Waals surface area (Å²) < 4.78 is 65.1. The number of rotatable bonds is 8. The lowest BCUT2D eigenvalue weighted by Gasteiger charge is -2.44. The van der Waals surface area contributed by atoms with Crippen molar-refractivity contribution in [1.29, 1.82) is 0 Å². The van der Waals surface area contributed by atoms with Crippen LogP contribution in [0.1, 0.15) is 26.8 Å². The van der Waals surface area contributed by atoms with Crippen LogP contribution in [0.3, 0.4) is 0 Å². The molecule has 0 spiro atoms. The number of nitrogens with two attached hydrogens (primary N) is 1. The second-order valence-electron chi connectivity index (χ2n) is 8.86. The Balaban J connectivity index is 1.82. The molecular formula is C25H24F3N5O7S. The highest BCUT2D eigenvalue weighted by Crippen LogP contribution is 2.41. The molecule has 3 aromatic rings. The second-order valence-corrected chi connectivity index (χ2v) is 10.0. The van der Waals surface area contributed by atoms with Crippen LogP contribution in [-0.4, -0.2) is 68.2 Å². The molecular weight excluding hydrogens is 571 g/mol. The van der Waals surface area contributed by atoms with Gasteiger partial charge in [0, 0.05) is 37.4 Å². The molecule has 1 aliphatic heterocycles. The van der Waals surface area contributed by atoms with Crippen molar-refractivity contribution in [3.05, 3.63) is 54.1 Å². The molecule has 16 heteroatoms. The number of nitrogen functional groups attached to an aromatic ring is 1. The van der Waals surface area contributed by atoms with Gasteiger partial charge in [-0.2, -0.15) is 0 Å². The third-order valence-electron chi connectivity index (χ3n) is 5.77. The Labute approximate surface area is 235 Å². The Hall–Kier alpha value is -4.18. The number of carbonyl (C=O) groups excluding carboxylic acids is 3. The summed E-state index contributed by atoms with van der Waals surface area (Å²) in [6, 6.07) is 3.51. The van der Waals surface area contributed by atoms with Crippen molar-refractivity contribution >= 4 is 35.5 Å². The monoisotopic (exact) mass is 595 g/mol. The van der Waals surface area contributed by atoms with Crippen LogP contribution in [-0.2, 0) is 33.3 Å². The molecule has 2 N–H and O–H groups in total. The maximum Gasteiger partial charge on any atom is 0.303 e. The van der Waals surface area contributed by atoms with Gasteiger partial charge in [-0.15, -0.1) is 5.10 Å². The van der Waals surface area contributed by atoms with Crippen LogP contribution in [0.5, 0.6) is 0 Å². The van der Waals surface area contributed by atoms with E-state index in [1.165, 1.54) is 24.0 Å². The first-order valence-corrected chi connectivity index (χ1v) is 12.9. The van der Waals surface area contributed by atoms with Gasteiger partial charge in [0.05, 0.1) is 6.20 Å². The Morgan fingerprint density at radius 2 is 1.68 bits per heavy atom. The van der Waals surface area contributed by atoms with Crippen LogP contribution >= 0.6 is 11.8 Å². The minimum absolute atomic E-state index is 0.0694. The normalized spacial score (nSPS) is 22.1. The number of hydrogen-bond donors (Lipinski definition) is 1.